The minimum absolute atomic E-state index is 0.0118. The number of thiophene rings is 1. The van der Waals surface area contributed by atoms with Crippen molar-refractivity contribution < 1.29 is 4.79 Å². The Hall–Kier alpha value is -0.680. The average Bonchev–Trinajstić information content (AvgIpc) is 3.09. The molecule has 6 heteroatoms. The van der Waals surface area contributed by atoms with E-state index in [9.17, 15) is 4.79 Å². The Morgan fingerprint density at radius 2 is 2.19 bits per heavy atom. The van der Waals surface area contributed by atoms with Crippen LogP contribution in [0.4, 0.5) is 0 Å². The van der Waals surface area contributed by atoms with E-state index in [0.29, 0.717) is 16.5 Å². The molecule has 21 heavy (non-hydrogen) atoms. The van der Waals surface area contributed by atoms with Gasteiger partial charge in [0.05, 0.1) is 6.42 Å². The van der Waals surface area contributed by atoms with E-state index in [-0.39, 0.29) is 11.3 Å². The first kappa shape index (κ1) is 15.2. The number of carbonyl (C=O) groups excluding carboxylic acids is 1. The smallest absolute Gasteiger partial charge is 0.229 e. The van der Waals surface area contributed by atoms with Crippen LogP contribution in [0, 0.1) is 0 Å². The molecule has 1 aliphatic heterocycles. The first-order valence-corrected chi connectivity index (χ1v) is 9.22. The Bertz CT molecular complexity index is 645. The van der Waals surface area contributed by atoms with E-state index < -0.39 is 0 Å². The number of carbonyl (C=O) groups is 1. The van der Waals surface area contributed by atoms with Gasteiger partial charge in [0, 0.05) is 32.8 Å². The normalized spacial score (nSPS) is 18.2. The molecule has 1 aliphatic rings. The molecular weight excluding hydrogens is 345 g/mol. The molecule has 0 aliphatic carbocycles. The summed E-state index contributed by atoms with van der Waals surface area (Å²) in [7, 11) is 0. The maximum atomic E-state index is 12.5. The van der Waals surface area contributed by atoms with Crippen LogP contribution in [0.3, 0.4) is 0 Å². The highest BCUT2D eigenvalue weighted by Gasteiger charge is 2.31. The van der Waals surface area contributed by atoms with Crippen LogP contribution in [0.5, 0.6) is 0 Å². The van der Waals surface area contributed by atoms with Crippen LogP contribution in [0.1, 0.15) is 15.8 Å². The number of amides is 1. The van der Waals surface area contributed by atoms with Crippen molar-refractivity contribution in [3.8, 4) is 0 Å². The van der Waals surface area contributed by atoms with E-state index in [1.54, 1.807) is 29.2 Å². The molecule has 0 N–H and O–H groups in total. The molecule has 1 atom stereocenters. The minimum atomic E-state index is -0.0118. The Morgan fingerprint density at radius 3 is 2.90 bits per heavy atom. The molecule has 0 spiro atoms. The van der Waals surface area contributed by atoms with Crippen molar-refractivity contribution in [2.45, 2.75) is 11.8 Å². The molecule has 2 nitrogen and oxygen atoms in total. The molecule has 1 aromatic heterocycles. The monoisotopic (exact) mass is 357 g/mol. The summed E-state index contributed by atoms with van der Waals surface area (Å²) in [4.78, 5) is 15.5. The fourth-order valence-corrected chi connectivity index (χ4v) is 4.93. The van der Waals surface area contributed by atoms with Crippen LogP contribution >= 0.6 is 46.3 Å². The van der Waals surface area contributed by atoms with Crippen molar-refractivity contribution >= 4 is 52.2 Å². The third-order valence-electron chi connectivity index (χ3n) is 3.35. The molecule has 1 fully saturated rings. The fourth-order valence-electron chi connectivity index (χ4n) is 2.35. The zero-order valence-corrected chi connectivity index (χ0v) is 14.2. The van der Waals surface area contributed by atoms with E-state index >= 15 is 0 Å². The number of hydrogen-bond donors (Lipinski definition) is 0. The predicted molar refractivity (Wildman–Crippen MR) is 91.4 cm³/mol. The van der Waals surface area contributed by atoms with Gasteiger partial charge < -0.3 is 4.90 Å². The second kappa shape index (κ2) is 6.61. The van der Waals surface area contributed by atoms with Crippen LogP contribution in [-0.2, 0) is 11.2 Å². The summed E-state index contributed by atoms with van der Waals surface area (Å²) in [6.07, 6.45) is 0.458. The largest absolute Gasteiger partial charge is 0.325 e. The molecule has 1 aromatic carbocycles. The van der Waals surface area contributed by atoms with Crippen molar-refractivity contribution in [3.05, 3.63) is 56.2 Å². The summed E-state index contributed by atoms with van der Waals surface area (Å²) in [5, 5.41) is 3.22. The average molecular weight is 358 g/mol. The van der Waals surface area contributed by atoms with Gasteiger partial charge in [0.2, 0.25) is 5.91 Å². The number of hydrogen-bond acceptors (Lipinski definition) is 3. The lowest BCUT2D eigenvalue weighted by Crippen LogP contribution is -2.31. The van der Waals surface area contributed by atoms with Gasteiger partial charge in [-0.05, 0) is 23.6 Å². The van der Waals surface area contributed by atoms with Gasteiger partial charge in [0.15, 0.2) is 0 Å². The predicted octanol–water partition coefficient (Wildman–Crippen LogP) is 4.87. The van der Waals surface area contributed by atoms with E-state index in [1.165, 1.54) is 0 Å². The molecule has 3 rings (SSSR count). The van der Waals surface area contributed by atoms with Crippen LogP contribution < -0.4 is 0 Å². The summed E-state index contributed by atoms with van der Waals surface area (Å²) < 4.78 is 0. The van der Waals surface area contributed by atoms with E-state index in [4.69, 9.17) is 23.2 Å². The molecule has 1 amide bonds. The number of rotatable bonds is 3. The van der Waals surface area contributed by atoms with Crippen LogP contribution in [0.25, 0.3) is 0 Å². The lowest BCUT2D eigenvalue weighted by atomic mass is 10.2. The summed E-state index contributed by atoms with van der Waals surface area (Å²) in [5.74, 6) is 1.08. The van der Waals surface area contributed by atoms with Crippen molar-refractivity contribution in [2.24, 2.45) is 0 Å². The SMILES string of the molecule is O=C(Cc1cccs1)N1CCSC1c1ccc(Cl)cc1Cl. The minimum Gasteiger partial charge on any atom is -0.325 e. The van der Waals surface area contributed by atoms with Gasteiger partial charge in [-0.3, -0.25) is 4.79 Å². The highest BCUT2D eigenvalue weighted by molar-refractivity contribution is 7.99. The fraction of sp³-hybridized carbons (Fsp3) is 0.267. The standard InChI is InChI=1S/C15H13Cl2NOS2/c16-10-3-4-12(13(17)8-10)15-18(5-7-21-15)14(19)9-11-2-1-6-20-11/h1-4,6,8,15H,5,7,9H2. The maximum absolute atomic E-state index is 12.5. The van der Waals surface area contributed by atoms with E-state index in [0.717, 1.165) is 22.7 Å². The first-order valence-electron chi connectivity index (χ1n) is 6.53. The van der Waals surface area contributed by atoms with Gasteiger partial charge >= 0.3 is 0 Å². The van der Waals surface area contributed by atoms with Crippen LogP contribution in [-0.4, -0.2) is 23.1 Å². The Labute approximate surface area is 142 Å². The maximum Gasteiger partial charge on any atom is 0.229 e. The van der Waals surface area contributed by atoms with Crippen LogP contribution in [0.15, 0.2) is 35.7 Å². The van der Waals surface area contributed by atoms with Crippen molar-refractivity contribution in [3.63, 3.8) is 0 Å². The summed E-state index contributed by atoms with van der Waals surface area (Å²) in [6, 6.07) is 9.44. The molecule has 0 saturated carbocycles. The summed E-state index contributed by atoms with van der Waals surface area (Å²) in [5.41, 5.74) is 0.961. The Balaban J connectivity index is 1.80. The van der Waals surface area contributed by atoms with E-state index in [2.05, 4.69) is 0 Å². The third-order valence-corrected chi connectivity index (χ3v) is 6.03. The van der Waals surface area contributed by atoms with E-state index in [1.807, 2.05) is 34.5 Å². The number of benzene rings is 1. The van der Waals surface area contributed by atoms with Gasteiger partial charge in [0.1, 0.15) is 5.37 Å². The Kier molecular flexibility index (Phi) is 4.79. The zero-order valence-electron chi connectivity index (χ0n) is 11.1. The summed E-state index contributed by atoms with van der Waals surface area (Å²) in [6.45, 7) is 0.762. The topological polar surface area (TPSA) is 20.3 Å². The molecule has 1 saturated heterocycles. The molecule has 0 radical (unpaired) electrons. The van der Waals surface area contributed by atoms with Gasteiger partial charge in [-0.1, -0.05) is 35.3 Å². The quantitative estimate of drug-likeness (QED) is 0.780. The summed E-state index contributed by atoms with van der Waals surface area (Å²) >= 11 is 15.6. The number of halogens is 2. The first-order chi connectivity index (χ1) is 10.1. The molecule has 1 unspecified atom stereocenters. The van der Waals surface area contributed by atoms with Gasteiger partial charge in [0.25, 0.3) is 0 Å². The molecule has 2 heterocycles. The lowest BCUT2D eigenvalue weighted by Gasteiger charge is -2.24. The lowest BCUT2D eigenvalue weighted by molar-refractivity contribution is -0.130. The third kappa shape index (κ3) is 3.39. The van der Waals surface area contributed by atoms with Crippen molar-refractivity contribution in [1.29, 1.82) is 0 Å². The highest BCUT2D eigenvalue weighted by Crippen LogP contribution is 2.41. The van der Waals surface area contributed by atoms with Gasteiger partial charge in [-0.25, -0.2) is 0 Å². The molecular formula is C15H13Cl2NOS2. The highest BCUT2D eigenvalue weighted by atomic mass is 35.5. The Morgan fingerprint density at radius 1 is 1.33 bits per heavy atom. The van der Waals surface area contributed by atoms with Crippen LogP contribution in [0.2, 0.25) is 10.0 Å². The molecule has 2 aromatic rings. The van der Waals surface area contributed by atoms with Crippen molar-refractivity contribution in [2.75, 3.05) is 12.3 Å². The second-order valence-electron chi connectivity index (χ2n) is 4.73. The van der Waals surface area contributed by atoms with Gasteiger partial charge in [-0.15, -0.1) is 23.1 Å². The van der Waals surface area contributed by atoms with Crippen molar-refractivity contribution in [1.82, 2.24) is 4.90 Å². The van der Waals surface area contributed by atoms with Gasteiger partial charge in [-0.2, -0.15) is 0 Å². The number of thioether (sulfide) groups is 1. The molecule has 0 bridgehead atoms. The number of nitrogens with zero attached hydrogens (tertiary/aromatic N) is 1. The second-order valence-corrected chi connectivity index (χ2v) is 7.80. The molecule has 110 valence electrons. The zero-order chi connectivity index (χ0) is 14.8.